The Bertz CT molecular complexity index is 588. The molecule has 112 valence electrons. The van der Waals surface area contributed by atoms with E-state index in [2.05, 4.69) is 4.72 Å². The van der Waals surface area contributed by atoms with Gasteiger partial charge < -0.3 is 5.11 Å². The molecular weight excluding hydrogens is 318 g/mol. The zero-order chi connectivity index (χ0) is 14.8. The minimum atomic E-state index is -3.60. The summed E-state index contributed by atoms with van der Waals surface area (Å²) in [6, 6.07) is 1.42. The Morgan fingerprint density at radius 3 is 2.80 bits per heavy atom. The van der Waals surface area contributed by atoms with E-state index in [-0.39, 0.29) is 9.09 Å². The Balaban J connectivity index is 2.06. The van der Waals surface area contributed by atoms with Crippen LogP contribution in [0, 0.1) is 6.92 Å². The van der Waals surface area contributed by atoms with Gasteiger partial charge in [-0.05, 0) is 37.1 Å². The van der Waals surface area contributed by atoms with Crippen LogP contribution in [0.1, 0.15) is 34.5 Å². The van der Waals surface area contributed by atoms with E-state index < -0.39 is 16.0 Å². The lowest BCUT2D eigenvalue weighted by Gasteiger charge is -2.21. The van der Waals surface area contributed by atoms with Crippen LogP contribution in [0.5, 0.6) is 0 Å². The molecule has 0 bridgehead atoms. The smallest absolute Gasteiger partial charge is 0.346 e. The quantitative estimate of drug-likeness (QED) is 0.863. The number of aryl methyl sites for hydroxylation is 1. The van der Waals surface area contributed by atoms with Crippen LogP contribution in [0.25, 0.3) is 0 Å². The molecule has 0 saturated carbocycles. The SMILES string of the molecule is Cc1cc(S(=O)(=O)NCC2CCCCS2)sc1C(=O)O. The first-order valence-electron chi connectivity index (χ1n) is 6.35. The number of thiophene rings is 1. The minimum absolute atomic E-state index is 0.0770. The summed E-state index contributed by atoms with van der Waals surface area (Å²) in [5.74, 6) is -0.00926. The van der Waals surface area contributed by atoms with Crippen LogP contribution in [0.4, 0.5) is 0 Å². The number of carboxylic acid groups (broad SMARTS) is 1. The van der Waals surface area contributed by atoms with E-state index in [1.807, 2.05) is 0 Å². The van der Waals surface area contributed by atoms with Gasteiger partial charge in [-0.15, -0.1) is 11.3 Å². The molecule has 1 atom stereocenters. The molecule has 1 aliphatic heterocycles. The Morgan fingerprint density at radius 2 is 2.25 bits per heavy atom. The van der Waals surface area contributed by atoms with Crippen molar-refractivity contribution in [2.75, 3.05) is 12.3 Å². The number of carboxylic acids is 1. The Morgan fingerprint density at radius 1 is 1.50 bits per heavy atom. The molecule has 0 aromatic carbocycles. The third kappa shape index (κ3) is 3.75. The zero-order valence-corrected chi connectivity index (χ0v) is 13.5. The summed E-state index contributed by atoms with van der Waals surface area (Å²) < 4.78 is 27.0. The molecule has 0 amide bonds. The van der Waals surface area contributed by atoms with Crippen LogP contribution < -0.4 is 4.72 Å². The van der Waals surface area contributed by atoms with Crippen molar-refractivity contribution in [1.82, 2.24) is 4.72 Å². The first-order valence-corrected chi connectivity index (χ1v) is 9.70. The summed E-state index contributed by atoms with van der Waals surface area (Å²) in [6.07, 6.45) is 3.36. The van der Waals surface area contributed by atoms with Crippen molar-refractivity contribution in [3.05, 3.63) is 16.5 Å². The molecule has 2 rings (SSSR count). The molecule has 1 aromatic rings. The molecular formula is C12H17NO4S3. The lowest BCUT2D eigenvalue weighted by atomic mass is 10.2. The van der Waals surface area contributed by atoms with Gasteiger partial charge in [0.25, 0.3) is 0 Å². The molecule has 1 aromatic heterocycles. The third-order valence-electron chi connectivity index (χ3n) is 3.13. The third-order valence-corrected chi connectivity index (χ3v) is 7.65. The molecule has 0 aliphatic carbocycles. The highest BCUT2D eigenvalue weighted by molar-refractivity contribution is 8.00. The van der Waals surface area contributed by atoms with Crippen LogP contribution in [-0.4, -0.2) is 37.0 Å². The summed E-state index contributed by atoms with van der Waals surface area (Å²) in [5, 5.41) is 9.29. The molecule has 8 heteroatoms. The van der Waals surface area contributed by atoms with E-state index in [9.17, 15) is 13.2 Å². The molecule has 1 aliphatic rings. The molecule has 1 fully saturated rings. The second-order valence-electron chi connectivity index (χ2n) is 4.72. The van der Waals surface area contributed by atoms with Crippen molar-refractivity contribution in [2.24, 2.45) is 0 Å². The lowest BCUT2D eigenvalue weighted by Crippen LogP contribution is -2.31. The summed E-state index contributed by atoms with van der Waals surface area (Å²) in [7, 11) is -3.60. The number of rotatable bonds is 5. The summed E-state index contributed by atoms with van der Waals surface area (Å²) in [6.45, 7) is 2.02. The van der Waals surface area contributed by atoms with Gasteiger partial charge >= 0.3 is 5.97 Å². The number of aromatic carboxylic acids is 1. The summed E-state index contributed by atoms with van der Waals surface area (Å²) in [4.78, 5) is 11.0. The largest absolute Gasteiger partial charge is 0.477 e. The summed E-state index contributed by atoms with van der Waals surface area (Å²) >= 11 is 2.60. The number of sulfonamides is 1. The van der Waals surface area contributed by atoms with Crippen molar-refractivity contribution >= 4 is 39.1 Å². The number of hydrogen-bond acceptors (Lipinski definition) is 5. The predicted molar refractivity (Wildman–Crippen MR) is 81.3 cm³/mol. The average molecular weight is 335 g/mol. The Labute approximate surface area is 126 Å². The van der Waals surface area contributed by atoms with Gasteiger partial charge in [-0.25, -0.2) is 17.9 Å². The fourth-order valence-corrected chi connectivity index (χ4v) is 5.89. The predicted octanol–water partition coefficient (Wildman–Crippen LogP) is 2.32. The lowest BCUT2D eigenvalue weighted by molar-refractivity contribution is 0.0701. The molecule has 0 radical (unpaired) electrons. The molecule has 1 saturated heterocycles. The van der Waals surface area contributed by atoms with Gasteiger partial charge in [0.15, 0.2) is 0 Å². The number of carbonyl (C=O) groups is 1. The Kier molecular flexibility index (Phi) is 5.11. The minimum Gasteiger partial charge on any atom is -0.477 e. The van der Waals surface area contributed by atoms with E-state index in [1.54, 1.807) is 18.7 Å². The van der Waals surface area contributed by atoms with E-state index in [0.717, 1.165) is 29.9 Å². The van der Waals surface area contributed by atoms with Gasteiger partial charge in [0.05, 0.1) is 0 Å². The second kappa shape index (κ2) is 6.46. The van der Waals surface area contributed by atoms with Crippen LogP contribution in [-0.2, 0) is 10.0 Å². The van der Waals surface area contributed by atoms with Gasteiger partial charge in [0.1, 0.15) is 9.09 Å². The second-order valence-corrected chi connectivity index (χ2v) is 9.18. The summed E-state index contributed by atoms with van der Waals surface area (Å²) in [5.41, 5.74) is 0.481. The Hall–Kier alpha value is -0.570. The molecule has 20 heavy (non-hydrogen) atoms. The van der Waals surface area contributed by atoms with Crippen LogP contribution >= 0.6 is 23.1 Å². The molecule has 2 heterocycles. The molecule has 1 unspecified atom stereocenters. The van der Waals surface area contributed by atoms with Gasteiger partial charge in [-0.2, -0.15) is 11.8 Å². The molecule has 5 nitrogen and oxygen atoms in total. The monoisotopic (exact) mass is 335 g/mol. The van der Waals surface area contributed by atoms with Crippen molar-refractivity contribution in [3.8, 4) is 0 Å². The van der Waals surface area contributed by atoms with Gasteiger partial charge in [0, 0.05) is 11.8 Å². The van der Waals surface area contributed by atoms with Gasteiger partial charge in [0.2, 0.25) is 10.0 Å². The van der Waals surface area contributed by atoms with E-state index in [1.165, 1.54) is 12.5 Å². The maximum absolute atomic E-state index is 12.2. The highest BCUT2D eigenvalue weighted by Crippen LogP contribution is 2.27. The standard InChI is InChI=1S/C12H17NO4S3/c1-8-6-10(19-11(8)12(14)15)20(16,17)13-7-9-4-2-3-5-18-9/h6,9,13H,2-5,7H2,1H3,(H,14,15). The number of thioether (sulfide) groups is 1. The molecule has 0 spiro atoms. The van der Waals surface area contributed by atoms with Crippen LogP contribution in [0.3, 0.4) is 0 Å². The van der Waals surface area contributed by atoms with E-state index in [0.29, 0.717) is 17.4 Å². The van der Waals surface area contributed by atoms with Gasteiger partial charge in [-0.1, -0.05) is 6.42 Å². The van der Waals surface area contributed by atoms with Crippen molar-refractivity contribution in [2.45, 2.75) is 35.6 Å². The fraction of sp³-hybridized carbons (Fsp3) is 0.583. The normalized spacial score (nSPS) is 19.9. The highest BCUT2D eigenvalue weighted by Gasteiger charge is 2.23. The maximum Gasteiger partial charge on any atom is 0.346 e. The molecule has 2 N–H and O–H groups in total. The van der Waals surface area contributed by atoms with E-state index >= 15 is 0 Å². The van der Waals surface area contributed by atoms with Crippen molar-refractivity contribution in [3.63, 3.8) is 0 Å². The van der Waals surface area contributed by atoms with E-state index in [4.69, 9.17) is 5.11 Å². The fourth-order valence-electron chi connectivity index (χ4n) is 2.04. The maximum atomic E-state index is 12.2. The van der Waals surface area contributed by atoms with Crippen LogP contribution in [0.15, 0.2) is 10.3 Å². The van der Waals surface area contributed by atoms with Crippen molar-refractivity contribution < 1.29 is 18.3 Å². The number of nitrogens with one attached hydrogen (secondary N) is 1. The van der Waals surface area contributed by atoms with Gasteiger partial charge in [-0.3, -0.25) is 0 Å². The average Bonchev–Trinajstić information content (AvgIpc) is 2.81. The topological polar surface area (TPSA) is 83.5 Å². The van der Waals surface area contributed by atoms with Crippen LogP contribution in [0.2, 0.25) is 0 Å². The van der Waals surface area contributed by atoms with Crippen molar-refractivity contribution in [1.29, 1.82) is 0 Å². The number of hydrogen-bond donors (Lipinski definition) is 2. The first-order chi connectivity index (χ1) is 9.40. The zero-order valence-electron chi connectivity index (χ0n) is 11.1. The highest BCUT2D eigenvalue weighted by atomic mass is 32.2. The first kappa shape index (κ1) is 15.8.